The Morgan fingerprint density at radius 1 is 1.09 bits per heavy atom. The van der Waals surface area contributed by atoms with Crippen LogP contribution in [0, 0.1) is 33.1 Å². The van der Waals surface area contributed by atoms with Gasteiger partial charge in [-0.1, -0.05) is 6.07 Å². The fraction of sp³-hybridized carbons (Fsp3) is 0.0714. The molecule has 0 aliphatic heterocycles. The molecule has 0 unspecified atom stereocenters. The van der Waals surface area contributed by atoms with Crippen molar-refractivity contribution in [1.82, 2.24) is 0 Å². The summed E-state index contributed by atoms with van der Waals surface area (Å²) in [6.07, 6.45) is -4.87. The van der Waals surface area contributed by atoms with Crippen LogP contribution in [-0.2, 0) is 6.18 Å². The maximum Gasteiger partial charge on any atom is 0.417 e. The lowest BCUT2D eigenvalue weighted by Crippen LogP contribution is -2.08. The van der Waals surface area contributed by atoms with Crippen LogP contribution in [0.2, 0.25) is 0 Å². The van der Waals surface area contributed by atoms with Crippen LogP contribution in [0.25, 0.3) is 11.1 Å². The molecule has 2 aromatic carbocycles. The number of hydrogen-bond donors (Lipinski definition) is 0. The van der Waals surface area contributed by atoms with Gasteiger partial charge in [0, 0.05) is 17.7 Å². The first-order valence-corrected chi connectivity index (χ1v) is 5.90. The van der Waals surface area contributed by atoms with Gasteiger partial charge in [0.15, 0.2) is 0 Å². The molecule has 9 heteroatoms. The van der Waals surface area contributed by atoms with Gasteiger partial charge in [0.1, 0.15) is 5.82 Å². The summed E-state index contributed by atoms with van der Waals surface area (Å²) < 4.78 is 65.7. The Bertz CT molecular complexity index is 840. The summed E-state index contributed by atoms with van der Waals surface area (Å²) in [7, 11) is 0. The van der Waals surface area contributed by atoms with E-state index in [1.165, 1.54) is 6.07 Å². The number of nitro benzene ring substituents is 1. The number of nitriles is 1. The largest absolute Gasteiger partial charge is 0.417 e. The monoisotopic (exact) mass is 328 g/mol. The highest BCUT2D eigenvalue weighted by Gasteiger charge is 2.34. The molecule has 2 rings (SSSR count). The molecule has 0 spiro atoms. The first-order valence-electron chi connectivity index (χ1n) is 5.90. The summed E-state index contributed by atoms with van der Waals surface area (Å²) in [5, 5.41) is 19.4. The zero-order valence-corrected chi connectivity index (χ0v) is 11.0. The van der Waals surface area contributed by atoms with E-state index in [-0.39, 0.29) is 11.6 Å². The third-order valence-electron chi connectivity index (χ3n) is 2.99. The van der Waals surface area contributed by atoms with Crippen LogP contribution in [0.1, 0.15) is 11.1 Å². The predicted octanol–water partition coefficient (Wildman–Crippen LogP) is 4.43. The van der Waals surface area contributed by atoms with Crippen LogP contribution in [0.3, 0.4) is 0 Å². The molecular formula is C14H5F5N2O2. The average molecular weight is 328 g/mol. The van der Waals surface area contributed by atoms with Gasteiger partial charge in [0.25, 0.3) is 0 Å². The Labute approximate surface area is 125 Å². The first-order chi connectivity index (χ1) is 10.6. The number of nitro groups is 1. The fourth-order valence-electron chi connectivity index (χ4n) is 1.94. The third-order valence-corrected chi connectivity index (χ3v) is 2.99. The minimum absolute atomic E-state index is 0.221. The third kappa shape index (κ3) is 3.11. The normalized spacial score (nSPS) is 11.1. The summed E-state index contributed by atoms with van der Waals surface area (Å²) in [6.45, 7) is 0. The topological polar surface area (TPSA) is 66.9 Å². The van der Waals surface area contributed by atoms with Crippen LogP contribution >= 0.6 is 0 Å². The highest BCUT2D eigenvalue weighted by atomic mass is 19.4. The molecule has 0 atom stereocenters. The molecule has 0 aromatic heterocycles. The van der Waals surface area contributed by atoms with Gasteiger partial charge >= 0.3 is 11.9 Å². The maximum atomic E-state index is 13.8. The van der Waals surface area contributed by atoms with Crippen LogP contribution < -0.4 is 0 Å². The lowest BCUT2D eigenvalue weighted by Gasteiger charge is -2.11. The van der Waals surface area contributed by atoms with E-state index in [1.54, 1.807) is 0 Å². The van der Waals surface area contributed by atoms with Crippen molar-refractivity contribution < 1.29 is 26.9 Å². The molecule has 0 heterocycles. The highest BCUT2D eigenvalue weighted by molar-refractivity contribution is 5.69. The Morgan fingerprint density at radius 2 is 1.74 bits per heavy atom. The van der Waals surface area contributed by atoms with Crippen molar-refractivity contribution in [2.75, 3.05) is 0 Å². The summed E-state index contributed by atoms with van der Waals surface area (Å²) in [5.74, 6) is -2.70. The van der Waals surface area contributed by atoms with E-state index in [9.17, 15) is 32.1 Å². The summed E-state index contributed by atoms with van der Waals surface area (Å²) in [4.78, 5) is 9.54. The Hall–Kier alpha value is -3.02. The van der Waals surface area contributed by atoms with Crippen LogP contribution in [0.4, 0.5) is 27.6 Å². The van der Waals surface area contributed by atoms with E-state index in [0.717, 1.165) is 12.1 Å². The van der Waals surface area contributed by atoms with Gasteiger partial charge in [0.2, 0.25) is 5.82 Å². The molecule has 118 valence electrons. The highest BCUT2D eigenvalue weighted by Crippen LogP contribution is 2.36. The van der Waals surface area contributed by atoms with E-state index in [4.69, 9.17) is 5.26 Å². The van der Waals surface area contributed by atoms with Crippen molar-refractivity contribution >= 4 is 5.69 Å². The smallest absolute Gasteiger partial charge is 0.258 e. The van der Waals surface area contributed by atoms with Crippen molar-refractivity contribution in [1.29, 1.82) is 5.26 Å². The standard InChI is InChI=1S/C14H5F5N2O2/c15-11-5-12(16)13(21(22)23)4-9(11)7-1-2-8(6-20)10(3-7)14(17,18)19/h1-5H. The molecule has 23 heavy (non-hydrogen) atoms. The number of hydrogen-bond acceptors (Lipinski definition) is 3. The van der Waals surface area contributed by atoms with E-state index in [1.807, 2.05) is 0 Å². The van der Waals surface area contributed by atoms with E-state index >= 15 is 0 Å². The van der Waals surface area contributed by atoms with Gasteiger partial charge in [-0.25, -0.2) is 4.39 Å². The molecule has 0 bridgehead atoms. The molecule has 0 fully saturated rings. The van der Waals surface area contributed by atoms with Crippen molar-refractivity contribution in [2.24, 2.45) is 0 Å². The summed E-state index contributed by atoms with van der Waals surface area (Å²) in [6, 6.07) is 4.37. The fourth-order valence-corrected chi connectivity index (χ4v) is 1.94. The zero-order valence-electron chi connectivity index (χ0n) is 11.0. The van der Waals surface area contributed by atoms with Crippen LogP contribution in [0.5, 0.6) is 0 Å². The quantitative estimate of drug-likeness (QED) is 0.465. The molecular weight excluding hydrogens is 323 g/mol. The Morgan fingerprint density at radius 3 is 2.26 bits per heavy atom. The number of nitrogens with zero attached hydrogens (tertiary/aromatic N) is 2. The van der Waals surface area contributed by atoms with Gasteiger partial charge in [-0.2, -0.15) is 22.8 Å². The van der Waals surface area contributed by atoms with Gasteiger partial charge < -0.3 is 0 Å². The molecule has 0 saturated heterocycles. The Balaban J connectivity index is 2.71. The van der Waals surface area contributed by atoms with Gasteiger partial charge in [-0.3, -0.25) is 10.1 Å². The zero-order chi connectivity index (χ0) is 17.4. The van der Waals surface area contributed by atoms with Gasteiger partial charge in [-0.15, -0.1) is 0 Å². The molecule has 0 N–H and O–H groups in total. The van der Waals surface area contributed by atoms with Crippen molar-refractivity contribution in [3.63, 3.8) is 0 Å². The minimum atomic E-state index is -4.87. The van der Waals surface area contributed by atoms with Crippen molar-refractivity contribution in [3.8, 4) is 17.2 Å². The second kappa shape index (κ2) is 5.64. The lowest BCUT2D eigenvalue weighted by molar-refractivity contribution is -0.387. The van der Waals surface area contributed by atoms with Crippen molar-refractivity contribution in [3.05, 3.63) is 63.2 Å². The molecule has 0 aliphatic carbocycles. The van der Waals surface area contributed by atoms with Gasteiger partial charge in [0.05, 0.1) is 22.1 Å². The number of benzene rings is 2. The number of halogens is 5. The number of rotatable bonds is 2. The summed E-state index contributed by atoms with van der Waals surface area (Å²) >= 11 is 0. The first kappa shape index (κ1) is 16.4. The molecule has 0 radical (unpaired) electrons. The SMILES string of the molecule is N#Cc1ccc(-c2cc([N+](=O)[O-])c(F)cc2F)cc1C(F)(F)F. The Kier molecular flexibility index (Phi) is 4.01. The molecule has 0 amide bonds. The van der Waals surface area contributed by atoms with Crippen LogP contribution in [0.15, 0.2) is 30.3 Å². The lowest BCUT2D eigenvalue weighted by atomic mass is 9.98. The van der Waals surface area contributed by atoms with Crippen LogP contribution in [-0.4, -0.2) is 4.92 Å². The molecule has 2 aromatic rings. The second-order valence-electron chi connectivity index (χ2n) is 4.41. The maximum absolute atomic E-state index is 13.8. The van der Waals surface area contributed by atoms with Gasteiger partial charge in [-0.05, 0) is 17.7 Å². The van der Waals surface area contributed by atoms with Crippen molar-refractivity contribution in [2.45, 2.75) is 6.18 Å². The predicted molar refractivity (Wildman–Crippen MR) is 68.2 cm³/mol. The van der Waals surface area contributed by atoms with E-state index in [0.29, 0.717) is 12.1 Å². The summed E-state index contributed by atoms with van der Waals surface area (Å²) in [5.41, 5.74) is -4.01. The second-order valence-corrected chi connectivity index (χ2v) is 4.41. The van der Waals surface area contributed by atoms with E-state index < -0.39 is 45.1 Å². The molecule has 0 aliphatic rings. The van der Waals surface area contributed by atoms with E-state index in [2.05, 4.69) is 0 Å². The molecule has 4 nitrogen and oxygen atoms in total. The number of alkyl halides is 3. The molecule has 0 saturated carbocycles. The average Bonchev–Trinajstić information content (AvgIpc) is 2.45. The minimum Gasteiger partial charge on any atom is -0.258 e.